The molecule has 0 saturated carbocycles. The highest BCUT2D eigenvalue weighted by atomic mass is 19.1. The van der Waals surface area contributed by atoms with Gasteiger partial charge in [-0.05, 0) is 68.2 Å². The third kappa shape index (κ3) is 7.02. The number of carbonyl (C=O) groups is 1. The van der Waals surface area contributed by atoms with Gasteiger partial charge in [0, 0.05) is 30.4 Å². The van der Waals surface area contributed by atoms with Gasteiger partial charge in [-0.2, -0.15) is 0 Å². The summed E-state index contributed by atoms with van der Waals surface area (Å²) in [6.07, 6.45) is 1.62. The zero-order valence-electron chi connectivity index (χ0n) is 20.7. The molecule has 0 aliphatic heterocycles. The maximum Gasteiger partial charge on any atom is 0.255 e. The molecule has 4 aromatic rings. The van der Waals surface area contributed by atoms with Crippen LogP contribution in [0.25, 0.3) is 11.3 Å². The van der Waals surface area contributed by atoms with Gasteiger partial charge >= 0.3 is 0 Å². The standard InChI is InChI=1S/C28H29FN6O2/c1-35(2)15-16-37-26-12-11-21(17-22(26)29)24-13-14-31-28(34-24)32-18-19-7-9-20(10-8-19)27(36)33-25-6-4-3-5-23(25)30/h3-14,17H,15-16,18,30H2,1-2H3,(H,33,36)(H,31,32,34). The molecule has 0 fully saturated rings. The fourth-order valence-corrected chi connectivity index (χ4v) is 3.48. The molecule has 1 amide bonds. The highest BCUT2D eigenvalue weighted by molar-refractivity contribution is 6.05. The first-order valence-electron chi connectivity index (χ1n) is 11.8. The van der Waals surface area contributed by atoms with Crippen molar-refractivity contribution in [1.29, 1.82) is 0 Å². The van der Waals surface area contributed by atoms with Crippen LogP contribution in [0.4, 0.5) is 21.7 Å². The van der Waals surface area contributed by atoms with Gasteiger partial charge in [0.15, 0.2) is 11.6 Å². The molecule has 3 aromatic carbocycles. The Hall–Kier alpha value is -4.50. The minimum Gasteiger partial charge on any atom is -0.489 e. The van der Waals surface area contributed by atoms with Crippen LogP contribution in [0.15, 0.2) is 79.0 Å². The number of hydrogen-bond acceptors (Lipinski definition) is 7. The van der Waals surface area contributed by atoms with Crippen LogP contribution >= 0.6 is 0 Å². The second kappa shape index (κ2) is 12.0. The number of benzene rings is 3. The predicted octanol–water partition coefficient (Wildman–Crippen LogP) is 4.67. The number of rotatable bonds is 10. The minimum absolute atomic E-state index is 0.211. The van der Waals surface area contributed by atoms with Gasteiger partial charge in [-0.25, -0.2) is 14.4 Å². The summed E-state index contributed by atoms with van der Waals surface area (Å²) in [4.78, 5) is 23.2. The summed E-state index contributed by atoms with van der Waals surface area (Å²) in [5.41, 5.74) is 9.63. The van der Waals surface area contributed by atoms with Crippen molar-refractivity contribution >= 4 is 23.2 Å². The lowest BCUT2D eigenvalue weighted by Gasteiger charge is -2.12. The summed E-state index contributed by atoms with van der Waals surface area (Å²) in [5.74, 6) is -0.0637. The molecule has 1 heterocycles. The van der Waals surface area contributed by atoms with Gasteiger partial charge in [0.2, 0.25) is 5.95 Å². The van der Waals surface area contributed by atoms with Crippen molar-refractivity contribution in [1.82, 2.24) is 14.9 Å². The third-order valence-corrected chi connectivity index (χ3v) is 5.56. The molecule has 190 valence electrons. The average Bonchev–Trinajstić information content (AvgIpc) is 2.90. The van der Waals surface area contributed by atoms with Crippen molar-refractivity contribution < 1.29 is 13.9 Å². The number of nitrogens with one attached hydrogen (secondary N) is 2. The first-order chi connectivity index (χ1) is 17.9. The van der Waals surface area contributed by atoms with Crippen LogP contribution in [-0.4, -0.2) is 48.0 Å². The number of aromatic nitrogens is 2. The number of nitrogens with zero attached hydrogens (tertiary/aromatic N) is 3. The molecule has 37 heavy (non-hydrogen) atoms. The van der Waals surface area contributed by atoms with Crippen LogP contribution in [0.1, 0.15) is 15.9 Å². The zero-order valence-corrected chi connectivity index (χ0v) is 20.7. The first kappa shape index (κ1) is 25.6. The van der Waals surface area contributed by atoms with Crippen molar-refractivity contribution in [2.45, 2.75) is 6.54 Å². The van der Waals surface area contributed by atoms with E-state index in [-0.39, 0.29) is 11.7 Å². The Labute approximate surface area is 215 Å². The second-order valence-electron chi connectivity index (χ2n) is 8.65. The maximum atomic E-state index is 14.5. The lowest BCUT2D eigenvalue weighted by molar-refractivity contribution is 0.102. The smallest absolute Gasteiger partial charge is 0.255 e. The molecule has 0 unspecified atom stereocenters. The maximum absolute atomic E-state index is 14.5. The van der Waals surface area contributed by atoms with Crippen molar-refractivity contribution in [3.8, 4) is 17.0 Å². The van der Waals surface area contributed by atoms with Crippen molar-refractivity contribution in [3.05, 3.63) is 95.9 Å². The Balaban J connectivity index is 1.35. The van der Waals surface area contributed by atoms with Gasteiger partial charge in [0.05, 0.1) is 17.1 Å². The molecule has 9 heteroatoms. The monoisotopic (exact) mass is 500 g/mol. The van der Waals surface area contributed by atoms with E-state index in [1.54, 1.807) is 48.7 Å². The van der Waals surface area contributed by atoms with Gasteiger partial charge < -0.3 is 26.0 Å². The van der Waals surface area contributed by atoms with Crippen LogP contribution < -0.4 is 21.1 Å². The average molecular weight is 501 g/mol. The lowest BCUT2D eigenvalue weighted by atomic mass is 10.1. The number of carbonyl (C=O) groups excluding carboxylic acids is 1. The Morgan fingerprint density at radius 3 is 2.57 bits per heavy atom. The molecule has 0 saturated heterocycles. The van der Waals surface area contributed by atoms with E-state index in [1.165, 1.54) is 6.07 Å². The highest BCUT2D eigenvalue weighted by Crippen LogP contribution is 2.25. The molecule has 8 nitrogen and oxygen atoms in total. The van der Waals surface area contributed by atoms with E-state index in [9.17, 15) is 9.18 Å². The van der Waals surface area contributed by atoms with Gasteiger partial charge in [-0.1, -0.05) is 24.3 Å². The van der Waals surface area contributed by atoms with E-state index in [1.807, 2.05) is 43.3 Å². The van der Waals surface area contributed by atoms with Crippen LogP contribution in [0.3, 0.4) is 0 Å². The fraction of sp³-hybridized carbons (Fsp3) is 0.179. The third-order valence-electron chi connectivity index (χ3n) is 5.56. The Morgan fingerprint density at radius 1 is 1.05 bits per heavy atom. The fourth-order valence-electron chi connectivity index (χ4n) is 3.48. The number of para-hydroxylation sites is 2. The molecule has 0 atom stereocenters. The van der Waals surface area contributed by atoms with Crippen LogP contribution in [0.5, 0.6) is 5.75 Å². The number of hydrogen-bond donors (Lipinski definition) is 3. The summed E-state index contributed by atoms with van der Waals surface area (Å²) in [6.45, 7) is 1.54. The predicted molar refractivity (Wildman–Crippen MR) is 144 cm³/mol. The van der Waals surface area contributed by atoms with Crippen LogP contribution in [-0.2, 0) is 6.54 Å². The molecule has 0 spiro atoms. The molecule has 0 bridgehead atoms. The number of nitrogen functional groups attached to an aromatic ring is 1. The summed E-state index contributed by atoms with van der Waals surface area (Å²) in [6, 6.07) is 20.8. The molecular weight excluding hydrogens is 471 g/mol. The molecule has 4 rings (SSSR count). The zero-order chi connectivity index (χ0) is 26.2. The summed E-state index contributed by atoms with van der Waals surface area (Å²) >= 11 is 0. The largest absolute Gasteiger partial charge is 0.489 e. The topological polar surface area (TPSA) is 105 Å². The van der Waals surface area contributed by atoms with Gasteiger partial charge in [0.1, 0.15) is 6.61 Å². The van der Waals surface area contributed by atoms with Crippen LogP contribution in [0, 0.1) is 5.82 Å². The number of ether oxygens (including phenoxy) is 1. The quantitative estimate of drug-likeness (QED) is 0.272. The number of halogens is 1. The molecule has 0 aliphatic rings. The SMILES string of the molecule is CN(C)CCOc1ccc(-c2ccnc(NCc3ccc(C(=O)Nc4ccccc4N)cc3)n2)cc1F. The molecule has 4 N–H and O–H groups in total. The van der Waals surface area contributed by atoms with E-state index in [0.29, 0.717) is 53.8 Å². The normalized spacial score (nSPS) is 10.8. The van der Waals surface area contributed by atoms with Crippen molar-refractivity contribution in [3.63, 3.8) is 0 Å². The molecule has 1 aromatic heterocycles. The summed E-state index contributed by atoms with van der Waals surface area (Å²) < 4.78 is 20.0. The van der Waals surface area contributed by atoms with E-state index < -0.39 is 5.82 Å². The van der Waals surface area contributed by atoms with E-state index >= 15 is 0 Å². The summed E-state index contributed by atoms with van der Waals surface area (Å²) in [7, 11) is 3.86. The number of likely N-dealkylation sites (N-methyl/N-ethyl adjacent to an activating group) is 1. The van der Waals surface area contributed by atoms with Crippen molar-refractivity contribution in [2.75, 3.05) is 43.6 Å². The van der Waals surface area contributed by atoms with E-state index in [0.717, 1.165) is 5.56 Å². The Morgan fingerprint density at radius 2 is 1.84 bits per heavy atom. The van der Waals surface area contributed by atoms with Gasteiger partial charge in [0.25, 0.3) is 5.91 Å². The van der Waals surface area contributed by atoms with Gasteiger partial charge in [-0.15, -0.1) is 0 Å². The molecular formula is C28H29FN6O2. The molecule has 0 radical (unpaired) electrons. The molecule has 0 aliphatic carbocycles. The van der Waals surface area contributed by atoms with Gasteiger partial charge in [-0.3, -0.25) is 4.79 Å². The van der Waals surface area contributed by atoms with Crippen LogP contribution in [0.2, 0.25) is 0 Å². The summed E-state index contributed by atoms with van der Waals surface area (Å²) in [5, 5.41) is 5.98. The number of amides is 1. The lowest BCUT2D eigenvalue weighted by Crippen LogP contribution is -2.19. The first-order valence-corrected chi connectivity index (χ1v) is 11.8. The number of nitrogens with two attached hydrogens (primary N) is 1. The Bertz CT molecular complexity index is 1360. The number of anilines is 3. The second-order valence-corrected chi connectivity index (χ2v) is 8.65. The minimum atomic E-state index is -0.441. The van der Waals surface area contributed by atoms with E-state index in [2.05, 4.69) is 20.6 Å². The Kier molecular flexibility index (Phi) is 8.27. The van der Waals surface area contributed by atoms with Crippen molar-refractivity contribution in [2.24, 2.45) is 0 Å². The highest BCUT2D eigenvalue weighted by Gasteiger charge is 2.10. The van der Waals surface area contributed by atoms with E-state index in [4.69, 9.17) is 10.5 Å².